The van der Waals surface area contributed by atoms with Crippen molar-refractivity contribution in [3.63, 3.8) is 0 Å². The molecule has 0 aliphatic carbocycles. The molecular weight excluding hydrogens is 270 g/mol. The molecule has 0 amide bonds. The number of halogens is 1. The van der Waals surface area contributed by atoms with E-state index in [0.29, 0.717) is 0 Å². The molecule has 106 valence electrons. The van der Waals surface area contributed by atoms with Crippen LogP contribution in [-0.2, 0) is 6.54 Å². The maximum atomic E-state index is 6.03. The van der Waals surface area contributed by atoms with Gasteiger partial charge in [-0.2, -0.15) is 0 Å². The molecule has 0 fully saturated rings. The van der Waals surface area contributed by atoms with E-state index in [1.54, 1.807) is 0 Å². The van der Waals surface area contributed by atoms with Crippen molar-refractivity contribution in [2.24, 2.45) is 0 Å². The normalized spacial score (nSPS) is 10.6. The molecule has 2 rings (SSSR count). The molecule has 0 bridgehead atoms. The lowest BCUT2D eigenvalue weighted by Crippen LogP contribution is -2.14. The summed E-state index contributed by atoms with van der Waals surface area (Å²) in [7, 11) is 0. The van der Waals surface area contributed by atoms with Crippen LogP contribution in [0.15, 0.2) is 42.5 Å². The van der Waals surface area contributed by atoms with Crippen LogP contribution in [-0.4, -0.2) is 6.54 Å². The number of para-hydroxylation sites is 1. The second-order valence-corrected chi connectivity index (χ2v) is 5.20. The van der Waals surface area contributed by atoms with Gasteiger partial charge in [0.15, 0.2) is 0 Å². The van der Waals surface area contributed by atoms with Gasteiger partial charge in [-0.1, -0.05) is 36.7 Å². The van der Waals surface area contributed by atoms with E-state index in [1.807, 2.05) is 43.3 Å². The zero-order valence-electron chi connectivity index (χ0n) is 11.9. The molecule has 2 aromatic rings. The van der Waals surface area contributed by atoms with Crippen LogP contribution in [0.4, 0.5) is 0 Å². The highest BCUT2D eigenvalue weighted by Crippen LogP contribution is 2.28. The summed E-state index contributed by atoms with van der Waals surface area (Å²) in [4.78, 5) is 0. The van der Waals surface area contributed by atoms with Crippen molar-refractivity contribution in [1.82, 2.24) is 5.32 Å². The van der Waals surface area contributed by atoms with Crippen molar-refractivity contribution >= 4 is 11.6 Å². The van der Waals surface area contributed by atoms with Crippen molar-refractivity contribution < 1.29 is 4.74 Å². The van der Waals surface area contributed by atoms with Crippen LogP contribution in [0.25, 0.3) is 0 Å². The minimum absolute atomic E-state index is 0.759. The van der Waals surface area contributed by atoms with Gasteiger partial charge in [0.05, 0.1) is 0 Å². The predicted molar refractivity (Wildman–Crippen MR) is 84.7 cm³/mol. The van der Waals surface area contributed by atoms with E-state index in [1.165, 1.54) is 0 Å². The van der Waals surface area contributed by atoms with Gasteiger partial charge >= 0.3 is 0 Å². The third-order valence-electron chi connectivity index (χ3n) is 3.07. The van der Waals surface area contributed by atoms with E-state index in [9.17, 15) is 0 Å². The first-order valence-electron chi connectivity index (χ1n) is 6.93. The predicted octanol–water partition coefficient (Wildman–Crippen LogP) is 4.94. The van der Waals surface area contributed by atoms with Crippen LogP contribution in [0.1, 0.15) is 24.5 Å². The van der Waals surface area contributed by atoms with E-state index < -0.39 is 0 Å². The fourth-order valence-electron chi connectivity index (χ4n) is 1.96. The van der Waals surface area contributed by atoms with Gasteiger partial charge in [0, 0.05) is 17.1 Å². The standard InChI is InChI=1S/C17H20ClNO/c1-3-10-19-12-14-6-4-5-7-17(14)20-15-8-9-16(18)13(2)11-15/h4-9,11,19H,3,10,12H2,1-2H3. The lowest BCUT2D eigenvalue weighted by Gasteiger charge is -2.12. The number of benzene rings is 2. The van der Waals surface area contributed by atoms with E-state index in [0.717, 1.165) is 47.2 Å². The minimum atomic E-state index is 0.759. The first-order chi connectivity index (χ1) is 9.70. The van der Waals surface area contributed by atoms with Crippen LogP contribution >= 0.6 is 11.6 Å². The Labute approximate surface area is 125 Å². The molecule has 0 heterocycles. The summed E-state index contributed by atoms with van der Waals surface area (Å²) >= 11 is 6.03. The molecule has 0 unspecified atom stereocenters. The SMILES string of the molecule is CCCNCc1ccccc1Oc1ccc(Cl)c(C)c1. The van der Waals surface area contributed by atoms with Gasteiger partial charge in [-0.05, 0) is 49.7 Å². The van der Waals surface area contributed by atoms with Gasteiger partial charge in [0.2, 0.25) is 0 Å². The number of rotatable bonds is 6. The number of ether oxygens (including phenoxy) is 1. The molecule has 0 aliphatic rings. The fourth-order valence-corrected chi connectivity index (χ4v) is 2.07. The largest absolute Gasteiger partial charge is 0.457 e. The molecular formula is C17H20ClNO. The van der Waals surface area contributed by atoms with Crippen molar-refractivity contribution in [1.29, 1.82) is 0 Å². The summed E-state index contributed by atoms with van der Waals surface area (Å²) in [5, 5.41) is 4.16. The van der Waals surface area contributed by atoms with Crippen LogP contribution in [0.3, 0.4) is 0 Å². The highest BCUT2D eigenvalue weighted by molar-refractivity contribution is 6.31. The van der Waals surface area contributed by atoms with Gasteiger partial charge in [-0.15, -0.1) is 0 Å². The Balaban J connectivity index is 2.13. The molecule has 0 aromatic heterocycles. The Morgan fingerprint density at radius 1 is 1.15 bits per heavy atom. The Kier molecular flexibility index (Phi) is 5.45. The second-order valence-electron chi connectivity index (χ2n) is 4.80. The summed E-state index contributed by atoms with van der Waals surface area (Å²) in [5.74, 6) is 1.70. The van der Waals surface area contributed by atoms with E-state index in [-0.39, 0.29) is 0 Å². The average molecular weight is 290 g/mol. The quantitative estimate of drug-likeness (QED) is 0.761. The van der Waals surface area contributed by atoms with E-state index in [4.69, 9.17) is 16.3 Å². The Morgan fingerprint density at radius 3 is 2.70 bits per heavy atom. The summed E-state index contributed by atoms with van der Waals surface area (Å²) in [6.45, 7) is 5.96. The van der Waals surface area contributed by atoms with Gasteiger partial charge in [0.25, 0.3) is 0 Å². The van der Waals surface area contributed by atoms with Crippen molar-refractivity contribution in [2.45, 2.75) is 26.8 Å². The van der Waals surface area contributed by atoms with E-state index in [2.05, 4.69) is 18.3 Å². The molecule has 0 atom stereocenters. The molecule has 3 heteroatoms. The third kappa shape index (κ3) is 3.99. The first-order valence-corrected chi connectivity index (χ1v) is 7.31. The second kappa shape index (κ2) is 7.32. The van der Waals surface area contributed by atoms with Crippen LogP contribution in [0.2, 0.25) is 5.02 Å². The van der Waals surface area contributed by atoms with Crippen molar-refractivity contribution in [2.75, 3.05) is 6.54 Å². The monoisotopic (exact) mass is 289 g/mol. The molecule has 0 spiro atoms. The Bertz CT molecular complexity index is 569. The maximum Gasteiger partial charge on any atom is 0.131 e. The van der Waals surface area contributed by atoms with Crippen molar-refractivity contribution in [3.05, 3.63) is 58.6 Å². The Morgan fingerprint density at radius 2 is 1.95 bits per heavy atom. The summed E-state index contributed by atoms with van der Waals surface area (Å²) in [5.41, 5.74) is 2.18. The summed E-state index contributed by atoms with van der Waals surface area (Å²) in [6.07, 6.45) is 1.12. The van der Waals surface area contributed by atoms with Gasteiger partial charge in [0.1, 0.15) is 11.5 Å². The molecule has 0 saturated heterocycles. The maximum absolute atomic E-state index is 6.03. The number of hydrogen-bond acceptors (Lipinski definition) is 2. The topological polar surface area (TPSA) is 21.3 Å². The molecule has 20 heavy (non-hydrogen) atoms. The summed E-state index contributed by atoms with van der Waals surface area (Å²) in [6, 6.07) is 13.8. The molecule has 2 aromatic carbocycles. The molecule has 2 nitrogen and oxygen atoms in total. The number of hydrogen-bond donors (Lipinski definition) is 1. The third-order valence-corrected chi connectivity index (χ3v) is 3.50. The average Bonchev–Trinajstić information content (AvgIpc) is 2.45. The molecule has 1 N–H and O–H groups in total. The fraction of sp³-hybridized carbons (Fsp3) is 0.294. The van der Waals surface area contributed by atoms with Crippen LogP contribution < -0.4 is 10.1 Å². The van der Waals surface area contributed by atoms with Crippen molar-refractivity contribution in [3.8, 4) is 11.5 Å². The molecule has 0 aliphatic heterocycles. The first kappa shape index (κ1) is 14.9. The zero-order valence-corrected chi connectivity index (χ0v) is 12.7. The zero-order chi connectivity index (χ0) is 14.4. The summed E-state index contributed by atoms with van der Waals surface area (Å²) < 4.78 is 5.98. The minimum Gasteiger partial charge on any atom is -0.457 e. The lowest BCUT2D eigenvalue weighted by atomic mass is 10.2. The highest BCUT2D eigenvalue weighted by Gasteiger charge is 2.05. The number of aryl methyl sites for hydroxylation is 1. The van der Waals surface area contributed by atoms with Crippen LogP contribution in [0, 0.1) is 6.92 Å². The van der Waals surface area contributed by atoms with Crippen LogP contribution in [0.5, 0.6) is 11.5 Å². The van der Waals surface area contributed by atoms with Gasteiger partial charge in [-0.25, -0.2) is 0 Å². The Hall–Kier alpha value is -1.51. The van der Waals surface area contributed by atoms with E-state index >= 15 is 0 Å². The smallest absolute Gasteiger partial charge is 0.131 e. The lowest BCUT2D eigenvalue weighted by molar-refractivity contribution is 0.472. The van der Waals surface area contributed by atoms with Gasteiger partial charge in [-0.3, -0.25) is 0 Å². The number of nitrogens with one attached hydrogen (secondary N) is 1. The molecule has 0 radical (unpaired) electrons. The molecule has 0 saturated carbocycles. The highest BCUT2D eigenvalue weighted by atomic mass is 35.5. The van der Waals surface area contributed by atoms with Gasteiger partial charge < -0.3 is 10.1 Å².